The molecule has 0 aliphatic rings. The van der Waals surface area contributed by atoms with Crippen LogP contribution in [0.15, 0.2) is 77.9 Å². The van der Waals surface area contributed by atoms with Gasteiger partial charge in [-0.3, -0.25) is 4.79 Å². The lowest BCUT2D eigenvalue weighted by Crippen LogP contribution is -2.17. The fourth-order valence-electron chi connectivity index (χ4n) is 2.38. The maximum atomic E-state index is 12.2. The standard InChI is InChI=1S/C22H17ClN2O4/c1-28-19-11-7-17(8-12-19)22(27)29-20-4-2-3-15(13-20)14-24-25-21(26)16-5-9-18(23)10-6-16/h2-14H,1H3,(H,25,26)/b24-14-. The van der Waals surface area contributed by atoms with Gasteiger partial charge >= 0.3 is 5.97 Å². The van der Waals surface area contributed by atoms with Crippen molar-refractivity contribution in [2.45, 2.75) is 0 Å². The number of amides is 1. The van der Waals surface area contributed by atoms with Gasteiger partial charge < -0.3 is 9.47 Å². The van der Waals surface area contributed by atoms with E-state index in [9.17, 15) is 9.59 Å². The smallest absolute Gasteiger partial charge is 0.343 e. The van der Waals surface area contributed by atoms with Crippen LogP contribution in [0, 0.1) is 0 Å². The fourth-order valence-corrected chi connectivity index (χ4v) is 2.51. The molecule has 0 spiro atoms. The summed E-state index contributed by atoms with van der Waals surface area (Å²) < 4.78 is 10.4. The minimum atomic E-state index is -0.488. The largest absolute Gasteiger partial charge is 0.497 e. The molecule has 0 atom stereocenters. The van der Waals surface area contributed by atoms with Crippen molar-refractivity contribution in [2.75, 3.05) is 7.11 Å². The van der Waals surface area contributed by atoms with Crippen LogP contribution < -0.4 is 14.9 Å². The summed E-state index contributed by atoms with van der Waals surface area (Å²) in [5.74, 6) is 0.164. The van der Waals surface area contributed by atoms with E-state index in [0.29, 0.717) is 33.2 Å². The molecule has 1 N–H and O–H groups in total. The number of halogens is 1. The Morgan fingerprint density at radius 3 is 2.31 bits per heavy atom. The number of nitrogens with zero attached hydrogens (tertiary/aromatic N) is 1. The first-order chi connectivity index (χ1) is 14.0. The van der Waals surface area contributed by atoms with Crippen molar-refractivity contribution in [1.82, 2.24) is 5.43 Å². The SMILES string of the molecule is COc1ccc(C(=O)Oc2cccc(/C=N\NC(=O)c3ccc(Cl)cc3)c2)cc1. The molecule has 0 unspecified atom stereocenters. The van der Waals surface area contributed by atoms with Crippen LogP contribution in [0.2, 0.25) is 5.02 Å². The van der Waals surface area contributed by atoms with Crippen molar-refractivity contribution in [3.8, 4) is 11.5 Å². The molecule has 0 bridgehead atoms. The average molecular weight is 409 g/mol. The zero-order valence-corrected chi connectivity index (χ0v) is 16.2. The molecule has 3 rings (SSSR count). The summed E-state index contributed by atoms with van der Waals surface area (Å²) in [6.07, 6.45) is 1.46. The molecular formula is C22H17ClN2O4. The lowest BCUT2D eigenvalue weighted by molar-refractivity contribution is 0.0734. The van der Waals surface area contributed by atoms with E-state index in [2.05, 4.69) is 10.5 Å². The van der Waals surface area contributed by atoms with Crippen molar-refractivity contribution in [2.24, 2.45) is 5.10 Å². The zero-order chi connectivity index (χ0) is 20.6. The maximum Gasteiger partial charge on any atom is 0.343 e. The van der Waals surface area contributed by atoms with Gasteiger partial charge in [-0.05, 0) is 66.2 Å². The van der Waals surface area contributed by atoms with Gasteiger partial charge in [-0.2, -0.15) is 5.10 Å². The molecule has 0 saturated carbocycles. The molecule has 146 valence electrons. The Hall–Kier alpha value is -3.64. The van der Waals surface area contributed by atoms with Crippen molar-refractivity contribution in [3.05, 3.63) is 94.5 Å². The fraction of sp³-hybridized carbons (Fsp3) is 0.0455. The number of esters is 1. The first-order valence-corrected chi connectivity index (χ1v) is 8.98. The normalized spacial score (nSPS) is 10.6. The number of nitrogens with one attached hydrogen (secondary N) is 1. The van der Waals surface area contributed by atoms with Gasteiger partial charge in [0.05, 0.1) is 18.9 Å². The van der Waals surface area contributed by atoms with Crippen molar-refractivity contribution < 1.29 is 19.1 Å². The zero-order valence-electron chi connectivity index (χ0n) is 15.5. The van der Waals surface area contributed by atoms with Gasteiger partial charge in [0.2, 0.25) is 0 Å². The molecule has 6 nitrogen and oxygen atoms in total. The van der Waals surface area contributed by atoms with Crippen LogP contribution >= 0.6 is 11.6 Å². The molecule has 29 heavy (non-hydrogen) atoms. The molecule has 0 aliphatic carbocycles. The summed E-state index contributed by atoms with van der Waals surface area (Å²) in [5.41, 5.74) is 3.93. The lowest BCUT2D eigenvalue weighted by Gasteiger charge is -2.06. The molecule has 3 aromatic carbocycles. The second-order valence-corrected chi connectivity index (χ2v) is 6.33. The monoisotopic (exact) mass is 408 g/mol. The van der Waals surface area contributed by atoms with E-state index in [1.165, 1.54) is 6.21 Å². The van der Waals surface area contributed by atoms with Crippen LogP contribution in [0.5, 0.6) is 11.5 Å². The quantitative estimate of drug-likeness (QED) is 0.285. The third-order valence-corrected chi connectivity index (χ3v) is 4.13. The molecule has 0 saturated heterocycles. The summed E-state index contributed by atoms with van der Waals surface area (Å²) in [5, 5.41) is 4.47. The summed E-state index contributed by atoms with van der Waals surface area (Å²) in [6.45, 7) is 0. The highest BCUT2D eigenvalue weighted by atomic mass is 35.5. The predicted octanol–water partition coefficient (Wildman–Crippen LogP) is 4.33. The summed E-state index contributed by atoms with van der Waals surface area (Å²) in [6, 6.07) is 19.9. The number of benzene rings is 3. The maximum absolute atomic E-state index is 12.2. The van der Waals surface area contributed by atoms with E-state index >= 15 is 0 Å². The first-order valence-electron chi connectivity index (χ1n) is 8.60. The Labute approximate surface area is 172 Å². The van der Waals surface area contributed by atoms with E-state index in [0.717, 1.165) is 0 Å². The Morgan fingerprint density at radius 2 is 1.62 bits per heavy atom. The van der Waals surface area contributed by atoms with Gasteiger partial charge in [0.15, 0.2) is 0 Å². The number of hydrogen-bond acceptors (Lipinski definition) is 5. The highest BCUT2D eigenvalue weighted by Gasteiger charge is 2.09. The van der Waals surface area contributed by atoms with E-state index in [4.69, 9.17) is 21.1 Å². The van der Waals surface area contributed by atoms with Crippen molar-refractivity contribution in [3.63, 3.8) is 0 Å². The molecule has 0 heterocycles. The molecule has 0 fully saturated rings. The Bertz CT molecular complexity index is 1030. The molecule has 0 radical (unpaired) electrons. The van der Waals surface area contributed by atoms with E-state index in [1.807, 2.05) is 0 Å². The third kappa shape index (κ3) is 5.67. The number of ether oxygens (including phenoxy) is 2. The van der Waals surface area contributed by atoms with Gasteiger partial charge in [0.25, 0.3) is 5.91 Å². The highest BCUT2D eigenvalue weighted by molar-refractivity contribution is 6.30. The minimum absolute atomic E-state index is 0.360. The Balaban J connectivity index is 1.61. The Kier molecular flexibility index (Phi) is 6.60. The van der Waals surface area contributed by atoms with Crippen LogP contribution in [0.4, 0.5) is 0 Å². The Morgan fingerprint density at radius 1 is 0.931 bits per heavy atom. The van der Waals surface area contributed by atoms with Gasteiger partial charge in [-0.25, -0.2) is 10.2 Å². The molecule has 0 aromatic heterocycles. The van der Waals surface area contributed by atoms with Crippen molar-refractivity contribution >= 4 is 29.7 Å². The number of hydrogen-bond donors (Lipinski definition) is 1. The van der Waals surface area contributed by atoms with Crippen LogP contribution in [0.1, 0.15) is 26.3 Å². The van der Waals surface area contributed by atoms with E-state index in [-0.39, 0.29) is 5.91 Å². The lowest BCUT2D eigenvalue weighted by atomic mass is 10.2. The molecule has 0 aliphatic heterocycles. The number of hydrazone groups is 1. The van der Waals surface area contributed by atoms with Gasteiger partial charge in [-0.1, -0.05) is 23.7 Å². The summed E-state index contributed by atoms with van der Waals surface area (Å²) >= 11 is 5.80. The minimum Gasteiger partial charge on any atom is -0.497 e. The topological polar surface area (TPSA) is 77.0 Å². The second kappa shape index (κ2) is 9.52. The van der Waals surface area contributed by atoms with Gasteiger partial charge in [0.1, 0.15) is 11.5 Å². The number of carbonyl (C=O) groups excluding carboxylic acids is 2. The molecule has 3 aromatic rings. The average Bonchev–Trinajstić information content (AvgIpc) is 2.74. The van der Waals surface area contributed by atoms with Crippen LogP contribution in [-0.2, 0) is 0 Å². The van der Waals surface area contributed by atoms with Crippen LogP contribution in [0.25, 0.3) is 0 Å². The predicted molar refractivity (Wildman–Crippen MR) is 111 cm³/mol. The van der Waals surface area contributed by atoms with Crippen LogP contribution in [0.3, 0.4) is 0 Å². The van der Waals surface area contributed by atoms with Crippen molar-refractivity contribution in [1.29, 1.82) is 0 Å². The molecule has 7 heteroatoms. The number of rotatable bonds is 6. The molecular weight excluding hydrogens is 392 g/mol. The summed E-state index contributed by atoms with van der Waals surface area (Å²) in [4.78, 5) is 24.3. The van der Waals surface area contributed by atoms with Gasteiger partial charge in [0, 0.05) is 10.6 Å². The molecule has 1 amide bonds. The van der Waals surface area contributed by atoms with Gasteiger partial charge in [-0.15, -0.1) is 0 Å². The number of methoxy groups -OCH3 is 1. The third-order valence-electron chi connectivity index (χ3n) is 3.88. The van der Waals surface area contributed by atoms with Crippen LogP contribution in [-0.4, -0.2) is 25.2 Å². The van der Waals surface area contributed by atoms with E-state index in [1.54, 1.807) is 79.9 Å². The first kappa shape index (κ1) is 20.1. The highest BCUT2D eigenvalue weighted by Crippen LogP contribution is 2.16. The second-order valence-electron chi connectivity index (χ2n) is 5.90. The van der Waals surface area contributed by atoms with E-state index < -0.39 is 5.97 Å². The number of carbonyl (C=O) groups is 2. The summed E-state index contributed by atoms with van der Waals surface area (Å²) in [7, 11) is 1.55.